The van der Waals surface area contributed by atoms with Gasteiger partial charge in [0.2, 0.25) is 0 Å². The number of hydrogen-bond donors (Lipinski definition) is 2. The van der Waals surface area contributed by atoms with E-state index in [4.69, 9.17) is 11.6 Å². The van der Waals surface area contributed by atoms with Gasteiger partial charge >= 0.3 is 0 Å². The lowest BCUT2D eigenvalue weighted by atomic mass is 10.0. The summed E-state index contributed by atoms with van der Waals surface area (Å²) in [6, 6.07) is 19.9. The minimum atomic E-state index is -0.756. The molecule has 1 radical (unpaired) electrons. The second-order valence-corrected chi connectivity index (χ2v) is 8.08. The number of phenols is 1. The van der Waals surface area contributed by atoms with E-state index in [-0.39, 0.29) is 5.02 Å². The number of fused-ring (bicyclic) bond motifs is 1. The summed E-state index contributed by atoms with van der Waals surface area (Å²) in [6.07, 6.45) is 2.62. The highest BCUT2D eigenvalue weighted by Gasteiger charge is 2.11. The Kier molecular flexibility index (Phi) is 6.07. The standard InChI is InChI=1S/C25H22ClFN3O/c1-30(2)12-10-16-3-6-19(7-4-16)29-24-9-11-28-23-8-5-17(13-20(23)24)18-14-21(26)25(31)22(27)15-18/h3-8,11,13-15,31H,10,12H2,1-2H3,(H,28,29). The summed E-state index contributed by atoms with van der Waals surface area (Å²) in [6.45, 7) is 1.00. The number of pyridine rings is 1. The molecular formula is C25H22ClFN3O. The van der Waals surface area contributed by atoms with Gasteiger partial charge in [-0.1, -0.05) is 29.8 Å². The van der Waals surface area contributed by atoms with Gasteiger partial charge < -0.3 is 15.3 Å². The minimum Gasteiger partial charge on any atom is -0.504 e. The molecule has 1 aromatic heterocycles. The third-order valence-corrected chi connectivity index (χ3v) is 5.39. The number of aromatic hydroxyl groups is 1. The fourth-order valence-electron chi connectivity index (χ4n) is 3.36. The van der Waals surface area contributed by atoms with Crippen LogP contribution in [0.4, 0.5) is 15.8 Å². The molecule has 0 spiro atoms. The first kappa shape index (κ1) is 21.1. The molecule has 4 nitrogen and oxygen atoms in total. The SMILES string of the molecule is CN(C)CCc1ccc(Nc2[c]cnc3ccc(-c4cc(F)c(O)c(Cl)c4)cc23)cc1. The van der Waals surface area contributed by atoms with Gasteiger partial charge in [-0.3, -0.25) is 4.98 Å². The molecule has 31 heavy (non-hydrogen) atoms. The Morgan fingerprint density at radius 3 is 2.55 bits per heavy atom. The Bertz CT molecular complexity index is 1200. The van der Waals surface area contributed by atoms with Crippen LogP contribution in [-0.2, 0) is 6.42 Å². The predicted molar refractivity (Wildman–Crippen MR) is 125 cm³/mol. The van der Waals surface area contributed by atoms with Crippen molar-refractivity contribution in [1.82, 2.24) is 9.88 Å². The van der Waals surface area contributed by atoms with E-state index in [2.05, 4.69) is 47.5 Å². The van der Waals surface area contributed by atoms with Crippen LogP contribution in [0.25, 0.3) is 22.0 Å². The van der Waals surface area contributed by atoms with Crippen LogP contribution in [0.3, 0.4) is 0 Å². The lowest BCUT2D eigenvalue weighted by Crippen LogP contribution is -2.14. The fourth-order valence-corrected chi connectivity index (χ4v) is 3.57. The molecule has 0 atom stereocenters. The monoisotopic (exact) mass is 434 g/mol. The lowest BCUT2D eigenvalue weighted by Gasteiger charge is -2.12. The highest BCUT2D eigenvalue weighted by Crippen LogP contribution is 2.34. The zero-order chi connectivity index (χ0) is 22.0. The Morgan fingerprint density at radius 2 is 1.84 bits per heavy atom. The minimum absolute atomic E-state index is 0.0273. The molecule has 0 aliphatic heterocycles. The summed E-state index contributed by atoms with van der Waals surface area (Å²) in [5.74, 6) is -1.30. The number of likely N-dealkylation sites (N-methyl/N-ethyl adjacent to an activating group) is 1. The Hall–Kier alpha value is -3.15. The molecule has 6 heteroatoms. The van der Waals surface area contributed by atoms with Crippen LogP contribution in [0.1, 0.15) is 5.56 Å². The second kappa shape index (κ2) is 8.92. The van der Waals surface area contributed by atoms with E-state index in [1.54, 1.807) is 12.3 Å². The summed E-state index contributed by atoms with van der Waals surface area (Å²) in [5, 5.41) is 13.8. The maximum Gasteiger partial charge on any atom is 0.170 e. The maximum absolute atomic E-state index is 14.0. The molecule has 4 aromatic rings. The zero-order valence-electron chi connectivity index (χ0n) is 17.3. The molecule has 0 aliphatic rings. The van der Waals surface area contributed by atoms with E-state index in [1.165, 1.54) is 11.6 Å². The van der Waals surface area contributed by atoms with Crippen LogP contribution in [0.2, 0.25) is 5.02 Å². The molecule has 1 heterocycles. The summed E-state index contributed by atoms with van der Waals surface area (Å²) in [7, 11) is 4.13. The molecule has 0 unspecified atom stereocenters. The number of phenolic OH excluding ortho intramolecular Hbond substituents is 1. The van der Waals surface area contributed by atoms with Crippen molar-refractivity contribution < 1.29 is 9.50 Å². The van der Waals surface area contributed by atoms with Crippen molar-refractivity contribution in [3.8, 4) is 16.9 Å². The topological polar surface area (TPSA) is 48.4 Å². The smallest absolute Gasteiger partial charge is 0.170 e. The number of nitrogens with one attached hydrogen (secondary N) is 1. The van der Waals surface area contributed by atoms with Gasteiger partial charge in [-0.25, -0.2) is 4.39 Å². The Morgan fingerprint density at radius 1 is 1.06 bits per heavy atom. The quantitative estimate of drug-likeness (QED) is 0.388. The molecule has 0 fully saturated rings. The molecule has 157 valence electrons. The van der Waals surface area contributed by atoms with E-state index in [9.17, 15) is 9.50 Å². The first-order valence-corrected chi connectivity index (χ1v) is 10.3. The van der Waals surface area contributed by atoms with E-state index >= 15 is 0 Å². The van der Waals surface area contributed by atoms with Crippen molar-refractivity contribution in [2.45, 2.75) is 6.42 Å². The summed E-state index contributed by atoms with van der Waals surface area (Å²) in [4.78, 5) is 6.54. The molecule has 0 aliphatic carbocycles. The van der Waals surface area contributed by atoms with Crippen LogP contribution in [0, 0.1) is 11.9 Å². The zero-order valence-corrected chi connectivity index (χ0v) is 18.0. The Labute approximate surface area is 185 Å². The largest absolute Gasteiger partial charge is 0.504 e. The number of rotatable bonds is 6. The van der Waals surface area contributed by atoms with Crippen LogP contribution >= 0.6 is 11.6 Å². The highest BCUT2D eigenvalue weighted by molar-refractivity contribution is 6.32. The van der Waals surface area contributed by atoms with Crippen molar-refractivity contribution in [1.29, 1.82) is 0 Å². The van der Waals surface area contributed by atoms with E-state index in [0.29, 0.717) is 5.56 Å². The summed E-state index contributed by atoms with van der Waals surface area (Å²) in [5.41, 5.74) is 5.12. The maximum atomic E-state index is 14.0. The van der Waals surface area contributed by atoms with Crippen LogP contribution in [0.5, 0.6) is 5.75 Å². The third-order valence-electron chi connectivity index (χ3n) is 5.10. The van der Waals surface area contributed by atoms with Gasteiger partial charge in [-0.2, -0.15) is 0 Å². The van der Waals surface area contributed by atoms with E-state index in [1.807, 2.05) is 30.3 Å². The summed E-state index contributed by atoms with van der Waals surface area (Å²) < 4.78 is 14.0. The van der Waals surface area contributed by atoms with Crippen molar-refractivity contribution in [3.63, 3.8) is 0 Å². The molecule has 3 aromatic carbocycles. The van der Waals surface area contributed by atoms with Gasteiger partial charge in [0, 0.05) is 29.9 Å². The number of nitrogens with zero attached hydrogens (tertiary/aromatic N) is 2. The number of halogens is 2. The second-order valence-electron chi connectivity index (χ2n) is 7.67. The predicted octanol–water partition coefficient (Wildman–Crippen LogP) is 6.05. The third kappa shape index (κ3) is 4.79. The van der Waals surface area contributed by atoms with Gasteiger partial charge in [-0.15, -0.1) is 0 Å². The van der Waals surface area contributed by atoms with Crippen molar-refractivity contribution in [3.05, 3.63) is 83.3 Å². The van der Waals surface area contributed by atoms with Gasteiger partial charge in [0.05, 0.1) is 16.2 Å². The van der Waals surface area contributed by atoms with Crippen LogP contribution < -0.4 is 5.32 Å². The van der Waals surface area contributed by atoms with E-state index in [0.717, 1.165) is 40.8 Å². The number of hydrogen-bond acceptors (Lipinski definition) is 4. The van der Waals surface area contributed by atoms with Crippen LogP contribution in [0.15, 0.2) is 60.8 Å². The summed E-state index contributed by atoms with van der Waals surface area (Å²) >= 11 is 5.95. The van der Waals surface area contributed by atoms with Gasteiger partial charge in [0.25, 0.3) is 0 Å². The number of benzene rings is 3. The van der Waals surface area contributed by atoms with Crippen molar-refractivity contribution in [2.75, 3.05) is 26.0 Å². The highest BCUT2D eigenvalue weighted by atomic mass is 35.5. The fraction of sp³-hybridized carbons (Fsp3) is 0.160. The first-order valence-electron chi connectivity index (χ1n) is 9.90. The van der Waals surface area contributed by atoms with Gasteiger partial charge in [-0.05, 0) is 73.6 Å². The van der Waals surface area contributed by atoms with Crippen molar-refractivity contribution >= 4 is 33.9 Å². The molecule has 4 rings (SSSR count). The van der Waals surface area contributed by atoms with Gasteiger partial charge in [0.1, 0.15) is 0 Å². The molecular weight excluding hydrogens is 413 g/mol. The average Bonchev–Trinajstić information content (AvgIpc) is 2.76. The molecule has 2 N–H and O–H groups in total. The van der Waals surface area contributed by atoms with Gasteiger partial charge in [0.15, 0.2) is 11.6 Å². The molecule has 0 bridgehead atoms. The van der Waals surface area contributed by atoms with Crippen LogP contribution in [-0.4, -0.2) is 35.6 Å². The Balaban J connectivity index is 1.65. The molecule has 0 amide bonds. The molecule has 0 saturated carbocycles. The first-order chi connectivity index (χ1) is 14.9. The average molecular weight is 435 g/mol. The number of anilines is 2. The normalized spacial score (nSPS) is 11.3. The van der Waals surface area contributed by atoms with Crippen molar-refractivity contribution in [2.24, 2.45) is 0 Å². The van der Waals surface area contributed by atoms with E-state index < -0.39 is 11.6 Å². The number of aromatic nitrogens is 1. The molecule has 0 saturated heterocycles. The lowest BCUT2D eigenvalue weighted by molar-refractivity contribution is 0.413.